The van der Waals surface area contributed by atoms with Crippen molar-refractivity contribution in [2.75, 3.05) is 6.54 Å². The summed E-state index contributed by atoms with van der Waals surface area (Å²) in [6.07, 6.45) is 4.29. The van der Waals surface area contributed by atoms with Crippen molar-refractivity contribution in [2.45, 2.75) is 19.5 Å². The molecule has 0 fully saturated rings. The summed E-state index contributed by atoms with van der Waals surface area (Å²) in [5.74, 6) is -0.548. The largest absolute Gasteiger partial charge is 0.403 e. The molecule has 3 heterocycles. The number of nitrogens with one attached hydrogen (secondary N) is 2. The van der Waals surface area contributed by atoms with E-state index >= 15 is 0 Å². The first-order valence-corrected chi connectivity index (χ1v) is 9.43. The molecule has 0 saturated heterocycles. The van der Waals surface area contributed by atoms with Crippen molar-refractivity contribution in [3.8, 4) is 0 Å². The Morgan fingerprint density at radius 3 is 2.97 bits per heavy atom. The monoisotopic (exact) mass is 407 g/mol. The van der Waals surface area contributed by atoms with E-state index in [1.54, 1.807) is 7.05 Å². The molecule has 154 valence electrons. The third-order valence-corrected chi connectivity index (χ3v) is 5.21. The molecular formula is C20H21N7O3. The molecule has 0 aliphatic carbocycles. The highest BCUT2D eigenvalue weighted by molar-refractivity contribution is 5.92. The first kappa shape index (κ1) is 19.4. The second-order valence-corrected chi connectivity index (χ2v) is 7.09. The minimum atomic E-state index is -0.483. The van der Waals surface area contributed by atoms with Gasteiger partial charge in [0.2, 0.25) is 5.82 Å². The van der Waals surface area contributed by atoms with Gasteiger partial charge in [0.25, 0.3) is 11.5 Å². The zero-order chi connectivity index (χ0) is 21.3. The number of nitrogens with zero attached hydrogens (tertiary/aromatic N) is 4. The maximum absolute atomic E-state index is 12.5. The molecule has 3 aromatic rings. The highest BCUT2D eigenvalue weighted by Gasteiger charge is 2.19. The summed E-state index contributed by atoms with van der Waals surface area (Å²) >= 11 is 0. The molecule has 0 spiro atoms. The first-order chi connectivity index (χ1) is 14.5. The third-order valence-electron chi connectivity index (χ3n) is 5.21. The molecular weight excluding hydrogens is 386 g/mol. The molecule has 1 aliphatic heterocycles. The summed E-state index contributed by atoms with van der Waals surface area (Å²) in [5.41, 5.74) is 9.11. The number of aldehydes is 1. The van der Waals surface area contributed by atoms with Crippen LogP contribution in [0.5, 0.6) is 0 Å². The van der Waals surface area contributed by atoms with E-state index in [1.165, 1.54) is 22.6 Å². The van der Waals surface area contributed by atoms with E-state index < -0.39 is 11.5 Å². The Balaban J connectivity index is 1.49. The predicted molar refractivity (Wildman–Crippen MR) is 109 cm³/mol. The standard InChI is InChI=1S/C20H21N7O3/c1-26-18-16(9-23-26)19(29)25-17(24-18)20(30)22-8-12-2-3-13-4-5-27(10-14(13)6-12)15(7-21)11-28/h2-3,6-7,9,11H,4-5,8,10,21H2,1H3,(H,22,30)(H,24,25,29)/b15-7-. The molecule has 2 aromatic heterocycles. The molecule has 10 heteroatoms. The molecule has 10 nitrogen and oxygen atoms in total. The Hall–Kier alpha value is -3.95. The zero-order valence-corrected chi connectivity index (χ0v) is 16.4. The minimum absolute atomic E-state index is 0.0658. The first-order valence-electron chi connectivity index (χ1n) is 9.43. The molecule has 0 unspecified atom stereocenters. The number of rotatable bonds is 5. The Kier molecular flexibility index (Phi) is 5.05. The molecule has 0 radical (unpaired) electrons. The number of H-pyrrole nitrogens is 1. The van der Waals surface area contributed by atoms with Crippen LogP contribution < -0.4 is 16.6 Å². The fraction of sp³-hybridized carbons (Fsp3) is 0.250. The van der Waals surface area contributed by atoms with Crippen molar-refractivity contribution in [2.24, 2.45) is 12.8 Å². The Bertz CT molecular complexity index is 1220. The van der Waals surface area contributed by atoms with E-state index in [0.29, 0.717) is 23.3 Å². The van der Waals surface area contributed by atoms with Gasteiger partial charge in [0.05, 0.1) is 11.9 Å². The van der Waals surface area contributed by atoms with Crippen molar-refractivity contribution in [1.82, 2.24) is 30.0 Å². The van der Waals surface area contributed by atoms with Crippen LogP contribution in [0.25, 0.3) is 11.0 Å². The van der Waals surface area contributed by atoms with Crippen molar-refractivity contribution in [3.63, 3.8) is 0 Å². The van der Waals surface area contributed by atoms with Gasteiger partial charge in [-0.1, -0.05) is 18.2 Å². The van der Waals surface area contributed by atoms with E-state index in [0.717, 1.165) is 30.4 Å². The molecule has 0 saturated carbocycles. The van der Waals surface area contributed by atoms with Crippen LogP contribution in [-0.4, -0.2) is 43.4 Å². The lowest BCUT2D eigenvalue weighted by Crippen LogP contribution is -2.31. The van der Waals surface area contributed by atoms with Gasteiger partial charge in [-0.05, 0) is 23.1 Å². The van der Waals surface area contributed by atoms with E-state index in [-0.39, 0.29) is 12.4 Å². The number of aromatic amines is 1. The smallest absolute Gasteiger partial charge is 0.287 e. The van der Waals surface area contributed by atoms with Crippen LogP contribution in [0.1, 0.15) is 27.3 Å². The van der Waals surface area contributed by atoms with Crippen LogP contribution in [-0.2, 0) is 31.4 Å². The number of aromatic nitrogens is 4. The molecule has 1 aliphatic rings. The van der Waals surface area contributed by atoms with E-state index in [1.807, 2.05) is 23.1 Å². The number of amides is 1. The number of hydrogen-bond donors (Lipinski definition) is 3. The van der Waals surface area contributed by atoms with Crippen molar-refractivity contribution >= 4 is 23.2 Å². The molecule has 1 amide bonds. The summed E-state index contributed by atoms with van der Waals surface area (Å²) < 4.78 is 1.44. The summed E-state index contributed by atoms with van der Waals surface area (Å²) in [6.45, 7) is 1.57. The molecule has 1 aromatic carbocycles. The summed E-state index contributed by atoms with van der Waals surface area (Å²) in [5, 5.41) is 7.09. The highest BCUT2D eigenvalue weighted by atomic mass is 16.2. The van der Waals surface area contributed by atoms with Gasteiger partial charge >= 0.3 is 0 Å². The fourth-order valence-corrected chi connectivity index (χ4v) is 3.57. The van der Waals surface area contributed by atoms with Gasteiger partial charge in [0.15, 0.2) is 11.9 Å². The van der Waals surface area contributed by atoms with Gasteiger partial charge in [-0.2, -0.15) is 5.10 Å². The van der Waals surface area contributed by atoms with Crippen LogP contribution >= 0.6 is 0 Å². The number of fused-ring (bicyclic) bond motifs is 2. The van der Waals surface area contributed by atoms with Crippen molar-refractivity contribution in [1.29, 1.82) is 0 Å². The maximum Gasteiger partial charge on any atom is 0.287 e. The maximum atomic E-state index is 12.5. The van der Waals surface area contributed by atoms with Crippen LogP contribution in [0, 0.1) is 0 Å². The van der Waals surface area contributed by atoms with Gasteiger partial charge in [-0.15, -0.1) is 0 Å². The van der Waals surface area contributed by atoms with Gasteiger partial charge < -0.3 is 20.9 Å². The predicted octanol–water partition coefficient (Wildman–Crippen LogP) is -0.0563. The average Bonchev–Trinajstić information content (AvgIpc) is 3.14. The average molecular weight is 407 g/mol. The lowest BCUT2D eigenvalue weighted by Gasteiger charge is -2.30. The normalized spacial score (nSPS) is 13.9. The lowest BCUT2D eigenvalue weighted by atomic mass is 9.97. The van der Waals surface area contributed by atoms with Crippen LogP contribution in [0.4, 0.5) is 0 Å². The van der Waals surface area contributed by atoms with Gasteiger partial charge in [-0.3, -0.25) is 19.1 Å². The third kappa shape index (κ3) is 3.54. The fourth-order valence-electron chi connectivity index (χ4n) is 3.57. The Labute approximate surface area is 171 Å². The Morgan fingerprint density at radius 1 is 1.37 bits per heavy atom. The summed E-state index contributed by atoms with van der Waals surface area (Å²) in [7, 11) is 1.66. The molecule has 30 heavy (non-hydrogen) atoms. The summed E-state index contributed by atoms with van der Waals surface area (Å²) in [4.78, 5) is 44.4. The van der Waals surface area contributed by atoms with Crippen molar-refractivity contribution < 1.29 is 9.59 Å². The van der Waals surface area contributed by atoms with E-state index in [2.05, 4.69) is 20.4 Å². The highest BCUT2D eigenvalue weighted by Crippen LogP contribution is 2.22. The number of aryl methyl sites for hydroxylation is 1. The van der Waals surface area contributed by atoms with Gasteiger partial charge in [0.1, 0.15) is 5.39 Å². The SMILES string of the molecule is Cn1ncc2c(=O)[nH]c(C(=O)NCc3ccc4c(c3)CN(/C(C=O)=C\N)CC4)nc21. The number of benzene rings is 1. The van der Waals surface area contributed by atoms with Crippen LogP contribution in [0.15, 0.2) is 41.1 Å². The topological polar surface area (TPSA) is 139 Å². The quantitative estimate of drug-likeness (QED) is 0.398. The summed E-state index contributed by atoms with van der Waals surface area (Å²) in [6, 6.07) is 5.98. The minimum Gasteiger partial charge on any atom is -0.403 e. The second kappa shape index (κ2) is 7.82. The number of carbonyl (C=O) groups is 2. The molecule has 4 N–H and O–H groups in total. The molecule has 0 atom stereocenters. The molecule has 0 bridgehead atoms. The van der Waals surface area contributed by atoms with Crippen LogP contribution in [0.2, 0.25) is 0 Å². The van der Waals surface area contributed by atoms with E-state index in [4.69, 9.17) is 5.73 Å². The molecule has 4 rings (SSSR count). The number of carbonyl (C=O) groups excluding carboxylic acids is 2. The van der Waals surface area contributed by atoms with Crippen molar-refractivity contribution in [3.05, 3.63) is 69.2 Å². The van der Waals surface area contributed by atoms with Gasteiger partial charge in [-0.25, -0.2) is 4.98 Å². The zero-order valence-electron chi connectivity index (χ0n) is 16.4. The Morgan fingerprint density at radius 2 is 2.20 bits per heavy atom. The number of nitrogens with two attached hydrogens (primary N) is 1. The van der Waals surface area contributed by atoms with Gasteiger partial charge in [0, 0.05) is 32.9 Å². The second-order valence-electron chi connectivity index (χ2n) is 7.09. The van der Waals surface area contributed by atoms with E-state index in [9.17, 15) is 14.4 Å². The number of allylic oxidation sites excluding steroid dienone is 1. The van der Waals surface area contributed by atoms with Crippen LogP contribution in [0.3, 0.4) is 0 Å². The lowest BCUT2D eigenvalue weighted by molar-refractivity contribution is -0.106. The number of hydrogen-bond acceptors (Lipinski definition) is 7.